The van der Waals surface area contributed by atoms with Crippen molar-refractivity contribution >= 4 is 0 Å². The highest BCUT2D eigenvalue weighted by Crippen LogP contribution is 2.20. The Morgan fingerprint density at radius 2 is 1.93 bits per heavy atom. The van der Waals surface area contributed by atoms with Crippen LogP contribution in [0.3, 0.4) is 0 Å². The van der Waals surface area contributed by atoms with E-state index in [0.29, 0.717) is 12.6 Å². The van der Waals surface area contributed by atoms with Crippen molar-refractivity contribution in [1.82, 2.24) is 5.32 Å². The van der Waals surface area contributed by atoms with E-state index in [4.69, 9.17) is 10.2 Å². The number of nitrogens with one attached hydrogen (secondary N) is 1. The quantitative estimate of drug-likeness (QED) is 0.769. The molecule has 3 N–H and O–H groups in total. The van der Waals surface area contributed by atoms with Crippen LogP contribution in [0.15, 0.2) is 4.42 Å². The van der Waals surface area contributed by atoms with E-state index in [9.17, 15) is 0 Å². The molecule has 1 heterocycles. The summed E-state index contributed by atoms with van der Waals surface area (Å²) in [7, 11) is 0. The Kier molecular flexibility index (Phi) is 3.72. The highest BCUT2D eigenvalue weighted by atomic mass is 16.3. The molecule has 3 heteroatoms. The van der Waals surface area contributed by atoms with E-state index in [1.807, 2.05) is 13.8 Å². The summed E-state index contributed by atoms with van der Waals surface area (Å²) in [6.07, 6.45) is 0. The average Bonchev–Trinajstić information content (AvgIpc) is 2.39. The van der Waals surface area contributed by atoms with E-state index in [1.165, 1.54) is 11.1 Å². The van der Waals surface area contributed by atoms with Gasteiger partial charge in [-0.2, -0.15) is 0 Å². The maximum Gasteiger partial charge on any atom is 0.105 e. The molecule has 0 spiro atoms. The molecule has 0 aliphatic heterocycles. The second-order valence-corrected chi connectivity index (χ2v) is 3.84. The summed E-state index contributed by atoms with van der Waals surface area (Å²) in [4.78, 5) is 0. The SMILES string of the molecule is Cc1oc(C)c(CN[C@@H](C)CN)c1C. The van der Waals surface area contributed by atoms with Crippen molar-refractivity contribution in [2.75, 3.05) is 6.54 Å². The summed E-state index contributed by atoms with van der Waals surface area (Å²) >= 11 is 0. The van der Waals surface area contributed by atoms with Gasteiger partial charge in [0.1, 0.15) is 11.5 Å². The van der Waals surface area contributed by atoms with Crippen LogP contribution in [0.4, 0.5) is 0 Å². The van der Waals surface area contributed by atoms with Crippen molar-refractivity contribution in [3.63, 3.8) is 0 Å². The molecule has 3 nitrogen and oxygen atoms in total. The van der Waals surface area contributed by atoms with Gasteiger partial charge in [-0.1, -0.05) is 0 Å². The molecular weight excluding hydrogens is 176 g/mol. The van der Waals surface area contributed by atoms with E-state index in [2.05, 4.69) is 19.2 Å². The molecule has 0 saturated heterocycles. The van der Waals surface area contributed by atoms with Gasteiger partial charge in [-0.05, 0) is 33.3 Å². The van der Waals surface area contributed by atoms with Crippen LogP contribution in [-0.4, -0.2) is 12.6 Å². The molecule has 0 bridgehead atoms. The Morgan fingerprint density at radius 3 is 2.36 bits per heavy atom. The first-order valence-electron chi connectivity index (χ1n) is 5.05. The van der Waals surface area contributed by atoms with Gasteiger partial charge in [0, 0.05) is 24.7 Å². The molecule has 0 fully saturated rings. The summed E-state index contributed by atoms with van der Waals surface area (Å²) in [5.74, 6) is 2.02. The maximum absolute atomic E-state index is 5.54. The van der Waals surface area contributed by atoms with Gasteiger partial charge in [-0.25, -0.2) is 0 Å². The first kappa shape index (κ1) is 11.3. The summed E-state index contributed by atoms with van der Waals surface area (Å²) in [5, 5.41) is 3.36. The molecular formula is C11H20N2O. The molecule has 14 heavy (non-hydrogen) atoms. The second-order valence-electron chi connectivity index (χ2n) is 3.84. The van der Waals surface area contributed by atoms with Gasteiger partial charge < -0.3 is 15.5 Å². The number of furan rings is 1. The van der Waals surface area contributed by atoms with Gasteiger partial charge in [-0.15, -0.1) is 0 Å². The van der Waals surface area contributed by atoms with E-state index < -0.39 is 0 Å². The monoisotopic (exact) mass is 196 g/mol. The fourth-order valence-electron chi connectivity index (χ4n) is 1.46. The number of aryl methyl sites for hydroxylation is 2. The lowest BCUT2D eigenvalue weighted by Crippen LogP contribution is -2.32. The van der Waals surface area contributed by atoms with Crippen LogP contribution < -0.4 is 11.1 Å². The van der Waals surface area contributed by atoms with Crippen molar-refractivity contribution in [3.8, 4) is 0 Å². The predicted molar refractivity (Wildman–Crippen MR) is 58.3 cm³/mol. The third-order valence-electron chi connectivity index (χ3n) is 2.69. The molecule has 0 amide bonds. The highest BCUT2D eigenvalue weighted by Gasteiger charge is 2.11. The molecule has 1 atom stereocenters. The smallest absolute Gasteiger partial charge is 0.105 e. The van der Waals surface area contributed by atoms with Gasteiger partial charge in [0.15, 0.2) is 0 Å². The molecule has 80 valence electrons. The second kappa shape index (κ2) is 4.62. The Hall–Kier alpha value is -0.800. The van der Waals surface area contributed by atoms with Gasteiger partial charge in [0.05, 0.1) is 0 Å². The van der Waals surface area contributed by atoms with Crippen LogP contribution >= 0.6 is 0 Å². The highest BCUT2D eigenvalue weighted by molar-refractivity contribution is 5.31. The van der Waals surface area contributed by atoms with E-state index in [1.54, 1.807) is 0 Å². The van der Waals surface area contributed by atoms with Crippen LogP contribution in [0.2, 0.25) is 0 Å². The molecule has 0 radical (unpaired) electrons. The Bertz CT molecular complexity index is 304. The normalized spacial score (nSPS) is 13.2. The van der Waals surface area contributed by atoms with E-state index in [0.717, 1.165) is 18.1 Å². The van der Waals surface area contributed by atoms with E-state index >= 15 is 0 Å². The molecule has 0 aliphatic carbocycles. The molecule has 0 aromatic carbocycles. The van der Waals surface area contributed by atoms with Crippen molar-refractivity contribution in [2.45, 2.75) is 40.3 Å². The zero-order valence-electron chi connectivity index (χ0n) is 9.48. The van der Waals surface area contributed by atoms with Crippen molar-refractivity contribution in [1.29, 1.82) is 0 Å². The number of nitrogens with two attached hydrogens (primary N) is 1. The Morgan fingerprint density at radius 1 is 1.29 bits per heavy atom. The zero-order valence-corrected chi connectivity index (χ0v) is 9.48. The van der Waals surface area contributed by atoms with Gasteiger partial charge in [0.25, 0.3) is 0 Å². The van der Waals surface area contributed by atoms with Crippen molar-refractivity contribution in [2.24, 2.45) is 5.73 Å². The average molecular weight is 196 g/mol. The van der Waals surface area contributed by atoms with Crippen LogP contribution in [-0.2, 0) is 6.54 Å². The number of hydrogen-bond acceptors (Lipinski definition) is 3. The Labute approximate surface area is 85.7 Å². The Balaban J connectivity index is 2.67. The van der Waals surface area contributed by atoms with Crippen LogP contribution in [0.5, 0.6) is 0 Å². The molecule has 0 unspecified atom stereocenters. The largest absolute Gasteiger partial charge is 0.466 e. The fraction of sp³-hybridized carbons (Fsp3) is 0.636. The summed E-state index contributed by atoms with van der Waals surface area (Å²) < 4.78 is 5.54. The van der Waals surface area contributed by atoms with Crippen molar-refractivity contribution < 1.29 is 4.42 Å². The van der Waals surface area contributed by atoms with Gasteiger partial charge in [0.2, 0.25) is 0 Å². The molecule has 1 aromatic rings. The number of rotatable bonds is 4. The topological polar surface area (TPSA) is 51.2 Å². The summed E-state index contributed by atoms with van der Waals surface area (Å²) in [6, 6.07) is 0.351. The minimum Gasteiger partial charge on any atom is -0.466 e. The summed E-state index contributed by atoms with van der Waals surface area (Å²) in [5.41, 5.74) is 8.05. The minimum absolute atomic E-state index is 0.351. The van der Waals surface area contributed by atoms with Crippen LogP contribution in [0.25, 0.3) is 0 Å². The molecule has 1 aromatic heterocycles. The first-order valence-corrected chi connectivity index (χ1v) is 5.05. The maximum atomic E-state index is 5.54. The molecule has 0 saturated carbocycles. The lowest BCUT2D eigenvalue weighted by atomic mass is 10.1. The zero-order chi connectivity index (χ0) is 10.7. The van der Waals surface area contributed by atoms with E-state index in [-0.39, 0.29) is 0 Å². The van der Waals surface area contributed by atoms with Gasteiger partial charge >= 0.3 is 0 Å². The van der Waals surface area contributed by atoms with Crippen LogP contribution in [0.1, 0.15) is 29.6 Å². The van der Waals surface area contributed by atoms with Gasteiger partial charge in [-0.3, -0.25) is 0 Å². The standard InChI is InChI=1S/C11H20N2O/c1-7(5-12)13-6-11-8(2)9(3)14-10(11)4/h7,13H,5-6,12H2,1-4H3/t7-/m0/s1. The third-order valence-corrected chi connectivity index (χ3v) is 2.69. The molecule has 1 rings (SSSR count). The third kappa shape index (κ3) is 2.36. The number of hydrogen-bond donors (Lipinski definition) is 2. The summed E-state index contributed by atoms with van der Waals surface area (Å²) in [6.45, 7) is 9.68. The lowest BCUT2D eigenvalue weighted by molar-refractivity contribution is 0.493. The minimum atomic E-state index is 0.351. The lowest BCUT2D eigenvalue weighted by Gasteiger charge is -2.10. The predicted octanol–water partition coefficient (Wildman–Crippen LogP) is 1.64. The first-order chi connectivity index (χ1) is 6.56. The molecule has 0 aliphatic rings. The fourth-order valence-corrected chi connectivity index (χ4v) is 1.46. The van der Waals surface area contributed by atoms with Crippen molar-refractivity contribution in [3.05, 3.63) is 22.6 Å². The van der Waals surface area contributed by atoms with Crippen LogP contribution in [0, 0.1) is 20.8 Å².